The molecule has 0 aliphatic heterocycles. The van der Waals surface area contributed by atoms with Gasteiger partial charge in [-0.3, -0.25) is 4.79 Å². The minimum atomic E-state index is -0.257. The zero-order valence-electron chi connectivity index (χ0n) is 14.9. The number of hydrogen-bond acceptors (Lipinski definition) is 5. The quantitative estimate of drug-likeness (QED) is 0.596. The van der Waals surface area contributed by atoms with Gasteiger partial charge >= 0.3 is 0 Å². The molecule has 1 amide bonds. The van der Waals surface area contributed by atoms with Gasteiger partial charge in [-0.2, -0.15) is 0 Å². The lowest BCUT2D eigenvalue weighted by atomic mass is 10.3. The van der Waals surface area contributed by atoms with Gasteiger partial charge in [0.25, 0.3) is 5.91 Å². The molecule has 2 aromatic carbocycles. The molecule has 0 unspecified atom stereocenters. The predicted molar refractivity (Wildman–Crippen MR) is 108 cm³/mol. The fourth-order valence-corrected chi connectivity index (χ4v) is 3.41. The van der Waals surface area contributed by atoms with Crippen LogP contribution in [0, 0.1) is 13.8 Å². The number of nitrogens with one attached hydrogen (secondary N) is 1. The summed E-state index contributed by atoms with van der Waals surface area (Å²) in [5.74, 6) is 0.225. The maximum Gasteiger partial charge on any atom is 0.262 e. The minimum Gasteiger partial charge on any atom is -0.482 e. The van der Waals surface area contributed by atoms with Crippen molar-refractivity contribution in [2.24, 2.45) is 0 Å². The Balaban J connectivity index is 1.55. The topological polar surface area (TPSA) is 64.1 Å². The molecule has 0 saturated heterocycles. The van der Waals surface area contributed by atoms with Crippen LogP contribution in [0.3, 0.4) is 0 Å². The van der Waals surface area contributed by atoms with Crippen LogP contribution in [0.2, 0.25) is 5.02 Å². The van der Waals surface area contributed by atoms with Crippen LogP contribution in [-0.2, 0) is 4.79 Å². The number of halogens is 1. The Labute approximate surface area is 167 Å². The Morgan fingerprint density at radius 3 is 2.41 bits per heavy atom. The fourth-order valence-electron chi connectivity index (χ4n) is 2.35. The molecule has 0 radical (unpaired) electrons. The average molecular weight is 400 g/mol. The number of carbonyl (C=O) groups excluding carboxylic acids is 1. The lowest BCUT2D eigenvalue weighted by molar-refractivity contribution is -0.118. The Hall–Kier alpha value is -2.57. The molecule has 5 nitrogen and oxygen atoms in total. The number of ether oxygens (including phenoxy) is 1. The second-order valence-corrected chi connectivity index (χ2v) is 7.27. The van der Waals surface area contributed by atoms with Crippen molar-refractivity contribution in [2.45, 2.75) is 23.9 Å². The molecule has 0 fully saturated rings. The molecule has 27 heavy (non-hydrogen) atoms. The molecule has 0 aliphatic carbocycles. The number of anilines is 1. The Bertz CT molecular complexity index is 928. The van der Waals surface area contributed by atoms with E-state index in [1.165, 1.54) is 11.8 Å². The summed E-state index contributed by atoms with van der Waals surface area (Å²) in [6.45, 7) is 3.78. The van der Waals surface area contributed by atoms with Gasteiger partial charge < -0.3 is 10.1 Å². The van der Waals surface area contributed by atoms with Gasteiger partial charge in [-0.15, -0.1) is 0 Å². The summed E-state index contributed by atoms with van der Waals surface area (Å²) < 4.78 is 5.43. The van der Waals surface area contributed by atoms with Crippen molar-refractivity contribution >= 4 is 35.0 Å². The third kappa shape index (κ3) is 5.70. The number of hydrogen-bond donors (Lipinski definition) is 1. The molecule has 1 aromatic heterocycles. The molecule has 0 spiro atoms. The normalized spacial score (nSPS) is 10.5. The standard InChI is InChI=1S/C20H18ClN3O2S/c1-13-11-14(2)23-20(22-13)27-16-9-7-15(8-10-16)24-19(25)12-26-18-6-4-3-5-17(18)21/h3-11H,12H2,1-2H3,(H,24,25). The monoisotopic (exact) mass is 399 g/mol. The summed E-state index contributed by atoms with van der Waals surface area (Å²) in [5, 5.41) is 3.97. The van der Waals surface area contributed by atoms with Crippen LogP contribution in [0.4, 0.5) is 5.69 Å². The summed E-state index contributed by atoms with van der Waals surface area (Å²) >= 11 is 7.48. The van der Waals surface area contributed by atoms with Crippen molar-refractivity contribution in [1.82, 2.24) is 9.97 Å². The van der Waals surface area contributed by atoms with E-state index in [0.29, 0.717) is 21.6 Å². The second kappa shape index (κ2) is 8.88. The molecular weight excluding hydrogens is 382 g/mol. The van der Waals surface area contributed by atoms with Gasteiger partial charge in [-0.05, 0) is 68.1 Å². The van der Waals surface area contributed by atoms with Crippen LogP contribution < -0.4 is 10.1 Å². The van der Waals surface area contributed by atoms with E-state index in [9.17, 15) is 4.79 Å². The fraction of sp³-hybridized carbons (Fsp3) is 0.150. The van der Waals surface area contributed by atoms with E-state index in [-0.39, 0.29) is 12.5 Å². The third-order valence-electron chi connectivity index (χ3n) is 3.50. The van der Waals surface area contributed by atoms with Crippen molar-refractivity contribution < 1.29 is 9.53 Å². The van der Waals surface area contributed by atoms with Gasteiger partial charge in [0, 0.05) is 22.0 Å². The van der Waals surface area contributed by atoms with Crippen molar-refractivity contribution in [1.29, 1.82) is 0 Å². The van der Waals surface area contributed by atoms with Crippen molar-refractivity contribution in [2.75, 3.05) is 11.9 Å². The summed E-state index contributed by atoms with van der Waals surface area (Å²) in [5.41, 5.74) is 2.56. The van der Waals surface area contributed by atoms with Gasteiger partial charge in [0.05, 0.1) is 5.02 Å². The number of para-hydroxylation sites is 1. The van der Waals surface area contributed by atoms with Gasteiger partial charge in [0.15, 0.2) is 11.8 Å². The zero-order valence-corrected chi connectivity index (χ0v) is 16.5. The maximum atomic E-state index is 12.0. The molecule has 1 heterocycles. The first-order valence-corrected chi connectivity index (χ1v) is 9.46. The minimum absolute atomic E-state index is 0.114. The lowest BCUT2D eigenvalue weighted by Gasteiger charge is -2.09. The van der Waals surface area contributed by atoms with Crippen molar-refractivity contribution in [3.8, 4) is 5.75 Å². The Morgan fingerprint density at radius 1 is 1.07 bits per heavy atom. The highest BCUT2D eigenvalue weighted by Crippen LogP contribution is 2.26. The van der Waals surface area contributed by atoms with Gasteiger partial charge in [0.2, 0.25) is 0 Å². The number of nitrogens with zero attached hydrogens (tertiary/aromatic N) is 2. The van der Waals surface area contributed by atoms with E-state index in [1.54, 1.807) is 24.3 Å². The highest BCUT2D eigenvalue weighted by molar-refractivity contribution is 7.99. The molecule has 7 heteroatoms. The molecule has 0 atom stereocenters. The third-order valence-corrected chi connectivity index (χ3v) is 4.69. The van der Waals surface area contributed by atoms with E-state index in [1.807, 2.05) is 44.2 Å². The number of rotatable bonds is 6. The predicted octanol–water partition coefficient (Wildman–Crippen LogP) is 4.92. The first-order valence-electron chi connectivity index (χ1n) is 8.27. The van der Waals surface area contributed by atoms with Crippen LogP contribution >= 0.6 is 23.4 Å². The molecule has 138 valence electrons. The van der Waals surface area contributed by atoms with Crippen LogP contribution in [0.5, 0.6) is 5.75 Å². The maximum absolute atomic E-state index is 12.0. The molecule has 3 aromatic rings. The molecule has 0 aliphatic rings. The van der Waals surface area contributed by atoms with Gasteiger partial charge in [-0.25, -0.2) is 9.97 Å². The van der Waals surface area contributed by atoms with E-state index in [0.717, 1.165) is 16.3 Å². The van der Waals surface area contributed by atoms with Crippen LogP contribution in [-0.4, -0.2) is 22.5 Å². The first kappa shape index (κ1) is 19.2. The molecule has 0 bridgehead atoms. The van der Waals surface area contributed by atoms with Crippen LogP contribution in [0.25, 0.3) is 0 Å². The van der Waals surface area contributed by atoms with Crippen LogP contribution in [0.15, 0.2) is 64.6 Å². The van der Waals surface area contributed by atoms with Gasteiger partial charge in [0.1, 0.15) is 5.75 Å². The average Bonchev–Trinajstić information content (AvgIpc) is 2.62. The number of benzene rings is 2. The summed E-state index contributed by atoms with van der Waals surface area (Å²) in [6, 6.07) is 16.5. The van der Waals surface area contributed by atoms with E-state index < -0.39 is 0 Å². The number of carbonyl (C=O) groups is 1. The first-order chi connectivity index (χ1) is 13.0. The highest BCUT2D eigenvalue weighted by Gasteiger charge is 2.07. The number of aryl methyl sites for hydroxylation is 2. The zero-order chi connectivity index (χ0) is 19.2. The van der Waals surface area contributed by atoms with E-state index >= 15 is 0 Å². The largest absolute Gasteiger partial charge is 0.482 e. The summed E-state index contributed by atoms with van der Waals surface area (Å²) in [6.07, 6.45) is 0. The summed E-state index contributed by atoms with van der Waals surface area (Å²) in [7, 11) is 0. The molecule has 3 rings (SSSR count). The lowest BCUT2D eigenvalue weighted by Crippen LogP contribution is -2.20. The highest BCUT2D eigenvalue weighted by atomic mass is 35.5. The number of aromatic nitrogens is 2. The number of amides is 1. The van der Waals surface area contributed by atoms with Crippen molar-refractivity contribution in [3.63, 3.8) is 0 Å². The summed E-state index contributed by atoms with van der Waals surface area (Å²) in [4.78, 5) is 21.9. The molecule has 0 saturated carbocycles. The van der Waals surface area contributed by atoms with Crippen LogP contribution in [0.1, 0.15) is 11.4 Å². The molecular formula is C20H18ClN3O2S. The van der Waals surface area contributed by atoms with E-state index in [4.69, 9.17) is 16.3 Å². The smallest absolute Gasteiger partial charge is 0.262 e. The molecule has 1 N–H and O–H groups in total. The SMILES string of the molecule is Cc1cc(C)nc(Sc2ccc(NC(=O)COc3ccccc3Cl)cc2)n1. The Kier molecular flexibility index (Phi) is 6.32. The Morgan fingerprint density at radius 2 is 1.74 bits per heavy atom. The second-order valence-electron chi connectivity index (χ2n) is 5.83. The van der Waals surface area contributed by atoms with Crippen molar-refractivity contribution in [3.05, 3.63) is 71.0 Å². The van der Waals surface area contributed by atoms with E-state index in [2.05, 4.69) is 15.3 Å². The van der Waals surface area contributed by atoms with Gasteiger partial charge in [-0.1, -0.05) is 23.7 Å².